The molecule has 1 aliphatic carbocycles. The van der Waals surface area contributed by atoms with Gasteiger partial charge in [0.1, 0.15) is 0 Å². The zero-order chi connectivity index (χ0) is 11.5. The van der Waals surface area contributed by atoms with E-state index < -0.39 is 0 Å². The largest absolute Gasteiger partial charge is 0.347 e. The summed E-state index contributed by atoms with van der Waals surface area (Å²) in [6.45, 7) is 2.64. The van der Waals surface area contributed by atoms with Crippen LogP contribution in [0.2, 0.25) is 0 Å². The van der Waals surface area contributed by atoms with Gasteiger partial charge in [0, 0.05) is 27.1 Å². The summed E-state index contributed by atoms with van der Waals surface area (Å²) >= 11 is 0. The lowest BCUT2D eigenvalue weighted by Gasteiger charge is -2.20. The first-order valence-corrected chi connectivity index (χ1v) is 5.32. The second kappa shape index (κ2) is 4.63. The van der Waals surface area contributed by atoms with E-state index in [1.807, 2.05) is 6.92 Å². The second-order valence-electron chi connectivity index (χ2n) is 4.67. The van der Waals surface area contributed by atoms with E-state index in [-0.39, 0.29) is 17.4 Å². The highest BCUT2D eigenvalue weighted by molar-refractivity contribution is 5.80. The van der Waals surface area contributed by atoms with Crippen molar-refractivity contribution in [2.75, 3.05) is 20.6 Å². The maximum atomic E-state index is 11.5. The molecule has 1 saturated carbocycles. The van der Waals surface area contributed by atoms with E-state index >= 15 is 0 Å². The summed E-state index contributed by atoms with van der Waals surface area (Å²) in [5, 5.41) is 11.9. The first kappa shape index (κ1) is 12.0. The van der Waals surface area contributed by atoms with Crippen molar-refractivity contribution in [2.24, 2.45) is 5.41 Å². The molecule has 1 N–H and O–H groups in total. The molecule has 15 heavy (non-hydrogen) atoms. The number of hydrogen-bond acceptors (Lipinski definition) is 3. The van der Waals surface area contributed by atoms with Crippen LogP contribution in [-0.2, 0) is 4.79 Å². The summed E-state index contributed by atoms with van der Waals surface area (Å²) in [5.74, 6) is 0.0859. The molecule has 0 aliphatic heterocycles. The molecule has 84 valence electrons. The molecule has 1 aliphatic rings. The lowest BCUT2D eigenvalue weighted by atomic mass is 10.0. The van der Waals surface area contributed by atoms with E-state index in [0.29, 0.717) is 6.42 Å². The Morgan fingerprint density at radius 2 is 2.20 bits per heavy atom. The lowest BCUT2D eigenvalue weighted by molar-refractivity contribution is -0.130. The van der Waals surface area contributed by atoms with E-state index in [9.17, 15) is 4.79 Å². The van der Waals surface area contributed by atoms with E-state index in [0.717, 1.165) is 19.4 Å². The van der Waals surface area contributed by atoms with Gasteiger partial charge in [0.15, 0.2) is 0 Å². The van der Waals surface area contributed by atoms with Crippen molar-refractivity contribution in [2.45, 2.75) is 32.2 Å². The SMILES string of the molecule is CC(NCC1(CC#N)CC1)C(=O)N(C)C. The van der Waals surface area contributed by atoms with Crippen molar-refractivity contribution in [1.29, 1.82) is 5.26 Å². The average molecular weight is 209 g/mol. The standard InChI is InChI=1S/C11H19N3O/c1-9(10(15)14(2)3)13-8-11(4-5-11)6-7-12/h9,13H,4-6,8H2,1-3H3. The molecule has 0 saturated heterocycles. The first-order valence-electron chi connectivity index (χ1n) is 5.32. The van der Waals surface area contributed by atoms with E-state index in [2.05, 4.69) is 11.4 Å². The third kappa shape index (κ3) is 3.21. The molecule has 0 radical (unpaired) electrons. The van der Waals surface area contributed by atoms with Gasteiger partial charge in [-0.1, -0.05) is 0 Å². The van der Waals surface area contributed by atoms with Gasteiger partial charge in [-0.25, -0.2) is 0 Å². The Morgan fingerprint density at radius 3 is 2.60 bits per heavy atom. The van der Waals surface area contributed by atoms with Crippen LogP contribution in [0.1, 0.15) is 26.2 Å². The van der Waals surface area contributed by atoms with Gasteiger partial charge in [0.05, 0.1) is 12.1 Å². The Bertz CT molecular complexity index is 276. The van der Waals surface area contributed by atoms with E-state index in [1.165, 1.54) is 0 Å². The number of nitrogens with zero attached hydrogens (tertiary/aromatic N) is 2. The predicted octanol–water partition coefficient (Wildman–Crippen LogP) is 0.747. The number of nitriles is 1. The van der Waals surface area contributed by atoms with Crippen molar-refractivity contribution >= 4 is 5.91 Å². The van der Waals surface area contributed by atoms with Crippen LogP contribution >= 0.6 is 0 Å². The van der Waals surface area contributed by atoms with Crippen molar-refractivity contribution < 1.29 is 4.79 Å². The number of carbonyl (C=O) groups excluding carboxylic acids is 1. The summed E-state index contributed by atoms with van der Waals surface area (Å²) < 4.78 is 0. The third-order valence-corrected chi connectivity index (χ3v) is 3.01. The van der Waals surface area contributed by atoms with Gasteiger partial charge < -0.3 is 10.2 Å². The average Bonchev–Trinajstić information content (AvgIpc) is 2.94. The molecular weight excluding hydrogens is 190 g/mol. The van der Waals surface area contributed by atoms with Gasteiger partial charge >= 0.3 is 0 Å². The Labute approximate surface area is 91.2 Å². The molecular formula is C11H19N3O. The van der Waals surface area contributed by atoms with Crippen LogP contribution in [0.3, 0.4) is 0 Å². The normalized spacial score (nSPS) is 19.1. The monoisotopic (exact) mass is 209 g/mol. The van der Waals surface area contributed by atoms with Crippen LogP contribution in [0.25, 0.3) is 0 Å². The van der Waals surface area contributed by atoms with E-state index in [1.54, 1.807) is 19.0 Å². The Hall–Kier alpha value is -1.08. The topological polar surface area (TPSA) is 56.1 Å². The van der Waals surface area contributed by atoms with Crippen LogP contribution in [0, 0.1) is 16.7 Å². The van der Waals surface area contributed by atoms with Gasteiger partial charge in [0.2, 0.25) is 5.91 Å². The third-order valence-electron chi connectivity index (χ3n) is 3.01. The molecule has 0 bridgehead atoms. The zero-order valence-electron chi connectivity index (χ0n) is 9.71. The molecule has 0 aromatic carbocycles. The minimum Gasteiger partial charge on any atom is -0.347 e. The maximum absolute atomic E-state index is 11.5. The van der Waals surface area contributed by atoms with Crippen LogP contribution < -0.4 is 5.32 Å². The molecule has 1 unspecified atom stereocenters. The number of likely N-dealkylation sites (N-methyl/N-ethyl adjacent to an activating group) is 1. The fourth-order valence-electron chi connectivity index (χ4n) is 1.60. The van der Waals surface area contributed by atoms with Crippen LogP contribution in [-0.4, -0.2) is 37.5 Å². The molecule has 0 heterocycles. The maximum Gasteiger partial charge on any atom is 0.238 e. The minimum atomic E-state index is -0.156. The first-order chi connectivity index (χ1) is 7.01. The summed E-state index contributed by atoms with van der Waals surface area (Å²) in [5.41, 5.74) is 0.162. The zero-order valence-corrected chi connectivity index (χ0v) is 9.71. The van der Waals surface area contributed by atoms with Crippen LogP contribution in [0.5, 0.6) is 0 Å². The minimum absolute atomic E-state index is 0.0859. The molecule has 0 spiro atoms. The second-order valence-corrected chi connectivity index (χ2v) is 4.67. The summed E-state index contributed by atoms with van der Waals surface area (Å²) in [4.78, 5) is 13.1. The summed E-state index contributed by atoms with van der Waals surface area (Å²) in [7, 11) is 3.51. The Morgan fingerprint density at radius 1 is 1.60 bits per heavy atom. The Kier molecular flexibility index (Phi) is 3.70. The predicted molar refractivity (Wildman–Crippen MR) is 58.1 cm³/mol. The number of hydrogen-bond donors (Lipinski definition) is 1. The Balaban J connectivity index is 2.32. The van der Waals surface area contributed by atoms with Gasteiger partial charge in [-0.3, -0.25) is 4.79 Å². The van der Waals surface area contributed by atoms with Crippen molar-refractivity contribution in [3.8, 4) is 6.07 Å². The molecule has 4 nitrogen and oxygen atoms in total. The lowest BCUT2D eigenvalue weighted by Crippen LogP contribution is -2.43. The van der Waals surface area contributed by atoms with Crippen molar-refractivity contribution in [3.63, 3.8) is 0 Å². The van der Waals surface area contributed by atoms with Gasteiger partial charge in [-0.05, 0) is 25.2 Å². The fourth-order valence-corrected chi connectivity index (χ4v) is 1.60. The molecule has 1 fully saturated rings. The van der Waals surface area contributed by atoms with Gasteiger partial charge in [0.25, 0.3) is 0 Å². The summed E-state index contributed by atoms with van der Waals surface area (Å²) in [6.07, 6.45) is 2.82. The summed E-state index contributed by atoms with van der Waals surface area (Å²) in [6, 6.07) is 2.05. The van der Waals surface area contributed by atoms with Crippen molar-refractivity contribution in [1.82, 2.24) is 10.2 Å². The quantitative estimate of drug-likeness (QED) is 0.727. The molecule has 4 heteroatoms. The highest BCUT2D eigenvalue weighted by Gasteiger charge is 2.42. The highest BCUT2D eigenvalue weighted by Crippen LogP contribution is 2.47. The molecule has 0 aromatic heterocycles. The molecule has 1 amide bonds. The number of rotatable bonds is 5. The van der Waals surface area contributed by atoms with Gasteiger partial charge in [-0.2, -0.15) is 5.26 Å². The smallest absolute Gasteiger partial charge is 0.238 e. The van der Waals surface area contributed by atoms with Crippen LogP contribution in [0.4, 0.5) is 0 Å². The van der Waals surface area contributed by atoms with E-state index in [4.69, 9.17) is 5.26 Å². The number of amides is 1. The van der Waals surface area contributed by atoms with Gasteiger partial charge in [-0.15, -0.1) is 0 Å². The highest BCUT2D eigenvalue weighted by atomic mass is 16.2. The van der Waals surface area contributed by atoms with Crippen LogP contribution in [0.15, 0.2) is 0 Å². The fraction of sp³-hybridized carbons (Fsp3) is 0.818. The number of carbonyl (C=O) groups is 1. The van der Waals surface area contributed by atoms with Crippen molar-refractivity contribution in [3.05, 3.63) is 0 Å². The number of nitrogens with one attached hydrogen (secondary N) is 1. The molecule has 1 atom stereocenters. The molecule has 1 rings (SSSR count). The molecule has 0 aromatic rings.